The van der Waals surface area contributed by atoms with E-state index >= 15 is 0 Å². The van der Waals surface area contributed by atoms with Gasteiger partial charge < -0.3 is 5.11 Å². The lowest BCUT2D eigenvalue weighted by Crippen LogP contribution is -1.87. The second kappa shape index (κ2) is 4.82. The van der Waals surface area contributed by atoms with Gasteiger partial charge in [0.1, 0.15) is 5.01 Å². The molecule has 1 aliphatic rings. The zero-order valence-corrected chi connectivity index (χ0v) is 11.8. The highest BCUT2D eigenvalue weighted by atomic mass is 35.5. The molecule has 5 heteroatoms. The van der Waals surface area contributed by atoms with Crippen LogP contribution in [0.3, 0.4) is 0 Å². The summed E-state index contributed by atoms with van der Waals surface area (Å²) in [6.45, 7) is 0.0503. The molecule has 1 aliphatic carbocycles. The Labute approximate surface area is 119 Å². The number of thiazole rings is 1. The fourth-order valence-corrected chi connectivity index (χ4v) is 3.53. The zero-order valence-electron chi connectivity index (χ0n) is 9.49. The maximum atomic E-state index is 9.39. The average Bonchev–Trinajstić information content (AvgIpc) is 3.10. The quantitative estimate of drug-likeness (QED) is 0.906. The van der Waals surface area contributed by atoms with Crippen molar-refractivity contribution in [3.63, 3.8) is 0 Å². The summed E-state index contributed by atoms with van der Waals surface area (Å²) in [5, 5.41) is 11.5. The maximum Gasteiger partial charge on any atom is 0.125 e. The molecule has 0 radical (unpaired) electrons. The van der Waals surface area contributed by atoms with Gasteiger partial charge >= 0.3 is 0 Å². The van der Waals surface area contributed by atoms with E-state index in [9.17, 15) is 5.11 Å². The molecule has 1 saturated carbocycles. The van der Waals surface area contributed by atoms with Gasteiger partial charge in [0.05, 0.1) is 22.2 Å². The Bertz CT molecular complexity index is 593. The van der Waals surface area contributed by atoms with Crippen LogP contribution in [0, 0.1) is 0 Å². The summed E-state index contributed by atoms with van der Waals surface area (Å²) in [7, 11) is 0. The maximum absolute atomic E-state index is 9.39. The van der Waals surface area contributed by atoms with Crippen molar-refractivity contribution in [2.45, 2.75) is 25.4 Å². The van der Waals surface area contributed by atoms with Crippen molar-refractivity contribution in [1.29, 1.82) is 0 Å². The molecule has 0 amide bonds. The number of hydrogen-bond donors (Lipinski definition) is 1. The number of aromatic nitrogens is 1. The lowest BCUT2D eigenvalue weighted by atomic mass is 10.2. The summed E-state index contributed by atoms with van der Waals surface area (Å²) in [5.74, 6) is 0.531. The summed E-state index contributed by atoms with van der Waals surface area (Å²) < 4.78 is 0. The van der Waals surface area contributed by atoms with E-state index < -0.39 is 0 Å². The standard InChI is InChI=1S/C13H11Cl2NOS/c14-8-3-4-9(10(15)5-8)13-16-12(7-1-2-7)11(6-17)18-13/h3-5,7,17H,1-2,6H2. The van der Waals surface area contributed by atoms with Crippen molar-refractivity contribution >= 4 is 34.5 Å². The van der Waals surface area contributed by atoms with Gasteiger partial charge in [-0.2, -0.15) is 0 Å². The average molecular weight is 300 g/mol. The van der Waals surface area contributed by atoms with Crippen molar-refractivity contribution in [2.24, 2.45) is 0 Å². The van der Waals surface area contributed by atoms with Crippen LogP contribution in [0.4, 0.5) is 0 Å². The Morgan fingerprint density at radius 3 is 2.72 bits per heavy atom. The summed E-state index contributed by atoms with van der Waals surface area (Å²) >= 11 is 13.6. The Balaban J connectivity index is 2.05. The van der Waals surface area contributed by atoms with E-state index in [1.807, 2.05) is 6.07 Å². The molecule has 0 atom stereocenters. The first-order chi connectivity index (χ1) is 8.69. The van der Waals surface area contributed by atoms with Gasteiger partial charge in [0.15, 0.2) is 0 Å². The van der Waals surface area contributed by atoms with Crippen molar-refractivity contribution in [2.75, 3.05) is 0 Å². The fraction of sp³-hybridized carbons (Fsp3) is 0.308. The molecule has 0 aliphatic heterocycles. The minimum absolute atomic E-state index is 0.0503. The van der Waals surface area contributed by atoms with E-state index in [2.05, 4.69) is 4.98 Å². The fourth-order valence-electron chi connectivity index (χ4n) is 1.93. The SMILES string of the molecule is OCc1sc(-c2ccc(Cl)cc2Cl)nc1C1CC1. The molecule has 94 valence electrons. The largest absolute Gasteiger partial charge is 0.391 e. The van der Waals surface area contributed by atoms with Crippen molar-refractivity contribution in [3.05, 3.63) is 38.8 Å². The first-order valence-corrected chi connectivity index (χ1v) is 7.32. The van der Waals surface area contributed by atoms with Crippen molar-refractivity contribution in [1.82, 2.24) is 4.98 Å². The second-order valence-electron chi connectivity index (χ2n) is 4.38. The monoisotopic (exact) mass is 299 g/mol. The van der Waals surface area contributed by atoms with Gasteiger partial charge in [0.25, 0.3) is 0 Å². The van der Waals surface area contributed by atoms with Crippen molar-refractivity contribution in [3.8, 4) is 10.6 Å². The predicted octanol–water partition coefficient (Wildman–Crippen LogP) is 4.49. The molecule has 1 N–H and O–H groups in total. The molecule has 2 nitrogen and oxygen atoms in total. The molecule has 1 aromatic carbocycles. The molecule has 0 saturated heterocycles. The number of aliphatic hydroxyl groups is 1. The van der Waals surface area contributed by atoms with Crippen LogP contribution in [-0.4, -0.2) is 10.1 Å². The molecule has 1 fully saturated rings. The van der Waals surface area contributed by atoms with E-state index in [4.69, 9.17) is 23.2 Å². The number of halogens is 2. The van der Waals surface area contributed by atoms with E-state index in [0.29, 0.717) is 16.0 Å². The number of hydrogen-bond acceptors (Lipinski definition) is 3. The Morgan fingerprint density at radius 1 is 1.33 bits per heavy atom. The van der Waals surface area contributed by atoms with Gasteiger partial charge in [0, 0.05) is 16.5 Å². The lowest BCUT2D eigenvalue weighted by Gasteiger charge is -2.00. The summed E-state index contributed by atoms with van der Waals surface area (Å²) in [5.41, 5.74) is 1.93. The van der Waals surface area contributed by atoms with Crippen LogP contribution in [0.5, 0.6) is 0 Å². The number of rotatable bonds is 3. The third kappa shape index (κ3) is 2.28. The highest BCUT2D eigenvalue weighted by Crippen LogP contribution is 2.45. The molecular formula is C13H11Cl2NOS. The molecule has 2 aromatic rings. The first-order valence-electron chi connectivity index (χ1n) is 5.75. The molecular weight excluding hydrogens is 289 g/mol. The third-order valence-electron chi connectivity index (χ3n) is 3.00. The molecule has 0 unspecified atom stereocenters. The number of benzene rings is 1. The van der Waals surface area contributed by atoms with Gasteiger partial charge in [-0.25, -0.2) is 4.98 Å². The van der Waals surface area contributed by atoms with E-state index in [1.54, 1.807) is 12.1 Å². The molecule has 3 rings (SSSR count). The summed E-state index contributed by atoms with van der Waals surface area (Å²) in [6, 6.07) is 5.40. The summed E-state index contributed by atoms with van der Waals surface area (Å²) in [6.07, 6.45) is 2.34. The van der Waals surface area contributed by atoms with E-state index in [-0.39, 0.29) is 6.61 Å². The smallest absolute Gasteiger partial charge is 0.125 e. The van der Waals surface area contributed by atoms with Crippen LogP contribution < -0.4 is 0 Å². The van der Waals surface area contributed by atoms with E-state index in [0.717, 1.165) is 21.1 Å². The van der Waals surface area contributed by atoms with Gasteiger partial charge in [0.2, 0.25) is 0 Å². The Kier molecular flexibility index (Phi) is 3.32. The Morgan fingerprint density at radius 2 is 2.11 bits per heavy atom. The normalized spacial score (nSPS) is 15.1. The summed E-state index contributed by atoms with van der Waals surface area (Å²) in [4.78, 5) is 5.59. The lowest BCUT2D eigenvalue weighted by molar-refractivity contribution is 0.284. The Hall–Kier alpha value is -0.610. The number of aliphatic hydroxyl groups excluding tert-OH is 1. The predicted molar refractivity (Wildman–Crippen MR) is 75.5 cm³/mol. The first kappa shape index (κ1) is 12.4. The van der Waals surface area contributed by atoms with Crippen LogP contribution >= 0.6 is 34.5 Å². The van der Waals surface area contributed by atoms with Crippen molar-refractivity contribution < 1.29 is 5.11 Å². The molecule has 0 spiro atoms. The second-order valence-corrected chi connectivity index (χ2v) is 6.31. The van der Waals surface area contributed by atoms with Gasteiger partial charge in [-0.1, -0.05) is 23.2 Å². The topological polar surface area (TPSA) is 33.1 Å². The van der Waals surface area contributed by atoms with E-state index in [1.165, 1.54) is 24.2 Å². The van der Waals surface area contributed by atoms with Crippen LogP contribution in [-0.2, 0) is 6.61 Å². The van der Waals surface area contributed by atoms with Gasteiger partial charge in [-0.05, 0) is 31.0 Å². The highest BCUT2D eigenvalue weighted by Gasteiger charge is 2.29. The van der Waals surface area contributed by atoms with Gasteiger partial charge in [-0.3, -0.25) is 0 Å². The van der Waals surface area contributed by atoms with Crippen LogP contribution in [0.1, 0.15) is 29.3 Å². The molecule has 18 heavy (non-hydrogen) atoms. The number of nitrogens with zero attached hydrogens (tertiary/aromatic N) is 1. The highest BCUT2D eigenvalue weighted by molar-refractivity contribution is 7.15. The van der Waals surface area contributed by atoms with Crippen LogP contribution in [0.2, 0.25) is 10.0 Å². The van der Waals surface area contributed by atoms with Gasteiger partial charge in [-0.15, -0.1) is 11.3 Å². The third-order valence-corrected chi connectivity index (χ3v) is 4.63. The zero-order chi connectivity index (χ0) is 12.7. The van der Waals surface area contributed by atoms with Crippen LogP contribution in [0.15, 0.2) is 18.2 Å². The minimum Gasteiger partial charge on any atom is -0.391 e. The molecule has 1 heterocycles. The molecule has 1 aromatic heterocycles. The molecule has 0 bridgehead atoms. The minimum atomic E-state index is 0.0503. The van der Waals surface area contributed by atoms with Crippen LogP contribution in [0.25, 0.3) is 10.6 Å².